The van der Waals surface area contributed by atoms with Crippen molar-refractivity contribution in [1.82, 2.24) is 10.0 Å². The molecular weight excluding hydrogens is 284 g/mol. The van der Waals surface area contributed by atoms with Crippen molar-refractivity contribution in [3.63, 3.8) is 0 Å². The molecule has 0 saturated carbocycles. The molecule has 1 aromatic carbocycles. The van der Waals surface area contributed by atoms with Gasteiger partial charge in [0, 0.05) is 6.04 Å². The number of hydrogen-bond donors (Lipinski definition) is 3. The van der Waals surface area contributed by atoms with Crippen molar-refractivity contribution < 1.29 is 23.1 Å². The lowest BCUT2D eigenvalue weighted by molar-refractivity contribution is -0.120. The molecule has 7 nitrogen and oxygen atoms in total. The number of rotatable bonds is 6. The molecule has 0 heterocycles. The molecule has 20 heavy (non-hydrogen) atoms. The summed E-state index contributed by atoms with van der Waals surface area (Å²) < 4.78 is 25.9. The lowest BCUT2D eigenvalue weighted by atomic mass is 10.2. The largest absolute Gasteiger partial charge is 0.478 e. The summed E-state index contributed by atoms with van der Waals surface area (Å²) in [6.45, 7) is 3.15. The molecule has 110 valence electrons. The van der Waals surface area contributed by atoms with Crippen molar-refractivity contribution in [1.29, 1.82) is 0 Å². The summed E-state index contributed by atoms with van der Waals surface area (Å²) in [6, 6.07) is 4.64. The van der Waals surface area contributed by atoms with Gasteiger partial charge in [0.05, 0.1) is 17.0 Å². The number of benzene rings is 1. The summed E-state index contributed by atoms with van der Waals surface area (Å²) >= 11 is 0. The normalized spacial score (nSPS) is 11.3. The van der Waals surface area contributed by atoms with Gasteiger partial charge in [0.1, 0.15) is 0 Å². The van der Waals surface area contributed by atoms with E-state index in [0.717, 1.165) is 0 Å². The minimum atomic E-state index is -3.84. The summed E-state index contributed by atoms with van der Waals surface area (Å²) in [5, 5.41) is 11.3. The highest BCUT2D eigenvalue weighted by molar-refractivity contribution is 7.89. The van der Waals surface area contributed by atoms with E-state index in [1.54, 1.807) is 13.8 Å². The number of sulfonamides is 1. The third-order valence-corrected chi connectivity index (χ3v) is 3.70. The number of amides is 1. The van der Waals surface area contributed by atoms with E-state index in [-0.39, 0.29) is 23.0 Å². The summed E-state index contributed by atoms with van der Waals surface area (Å²) in [6.07, 6.45) is 0. The number of carbonyl (C=O) groups is 2. The van der Waals surface area contributed by atoms with Crippen LogP contribution in [0, 0.1) is 0 Å². The van der Waals surface area contributed by atoms with Crippen LogP contribution in [0.15, 0.2) is 29.2 Å². The number of carboxylic acid groups (broad SMARTS) is 1. The van der Waals surface area contributed by atoms with Crippen molar-refractivity contribution >= 4 is 21.9 Å². The van der Waals surface area contributed by atoms with Gasteiger partial charge in [-0.2, -0.15) is 0 Å². The van der Waals surface area contributed by atoms with Gasteiger partial charge in [-0.1, -0.05) is 0 Å². The van der Waals surface area contributed by atoms with Crippen molar-refractivity contribution in [2.75, 3.05) is 6.54 Å². The zero-order valence-electron chi connectivity index (χ0n) is 11.1. The van der Waals surface area contributed by atoms with Crippen LogP contribution in [-0.2, 0) is 14.8 Å². The van der Waals surface area contributed by atoms with Crippen LogP contribution < -0.4 is 10.0 Å². The highest BCUT2D eigenvalue weighted by atomic mass is 32.2. The molecule has 8 heteroatoms. The van der Waals surface area contributed by atoms with Gasteiger partial charge in [-0.25, -0.2) is 17.9 Å². The molecule has 1 amide bonds. The first kappa shape index (κ1) is 16.1. The molecule has 1 rings (SSSR count). The van der Waals surface area contributed by atoms with Crippen molar-refractivity contribution in [3.05, 3.63) is 29.8 Å². The zero-order chi connectivity index (χ0) is 15.3. The van der Waals surface area contributed by atoms with Crippen molar-refractivity contribution in [2.45, 2.75) is 24.8 Å². The van der Waals surface area contributed by atoms with Crippen LogP contribution >= 0.6 is 0 Å². The third-order valence-electron chi connectivity index (χ3n) is 2.28. The maximum absolute atomic E-state index is 11.9. The lowest BCUT2D eigenvalue weighted by Gasteiger charge is -2.10. The predicted molar refractivity (Wildman–Crippen MR) is 71.9 cm³/mol. The maximum Gasteiger partial charge on any atom is 0.335 e. The van der Waals surface area contributed by atoms with Gasteiger partial charge < -0.3 is 10.4 Å². The van der Waals surface area contributed by atoms with Crippen molar-refractivity contribution in [3.8, 4) is 0 Å². The minimum Gasteiger partial charge on any atom is -0.478 e. The minimum absolute atomic E-state index is 0.0125. The van der Waals surface area contributed by atoms with Gasteiger partial charge in [-0.3, -0.25) is 4.79 Å². The quantitative estimate of drug-likeness (QED) is 0.694. The Morgan fingerprint density at radius 1 is 1.20 bits per heavy atom. The second kappa shape index (κ2) is 6.49. The molecular formula is C12H16N2O5S. The maximum atomic E-state index is 11.9. The second-order valence-electron chi connectivity index (χ2n) is 4.38. The molecule has 0 aliphatic heterocycles. The van der Waals surface area contributed by atoms with Gasteiger partial charge in [0.2, 0.25) is 15.9 Å². The Labute approximate surface area is 117 Å². The molecule has 0 fully saturated rings. The fourth-order valence-electron chi connectivity index (χ4n) is 1.39. The van der Waals surface area contributed by atoms with E-state index in [9.17, 15) is 18.0 Å². The Bertz CT molecular complexity index is 593. The van der Waals surface area contributed by atoms with E-state index in [2.05, 4.69) is 10.0 Å². The zero-order valence-corrected chi connectivity index (χ0v) is 11.9. The second-order valence-corrected chi connectivity index (χ2v) is 6.14. The highest BCUT2D eigenvalue weighted by Crippen LogP contribution is 2.10. The average molecular weight is 300 g/mol. The average Bonchev–Trinajstić information content (AvgIpc) is 2.36. The molecule has 0 aromatic heterocycles. The van der Waals surface area contributed by atoms with E-state index in [1.165, 1.54) is 24.3 Å². The smallest absolute Gasteiger partial charge is 0.335 e. The molecule has 0 spiro atoms. The van der Waals surface area contributed by atoms with Gasteiger partial charge in [-0.15, -0.1) is 0 Å². The molecule has 0 aliphatic rings. The molecule has 0 atom stereocenters. The molecule has 0 unspecified atom stereocenters. The third kappa shape index (κ3) is 4.63. The van der Waals surface area contributed by atoms with Crippen LogP contribution in [-0.4, -0.2) is 38.0 Å². The summed E-state index contributed by atoms with van der Waals surface area (Å²) in [5.41, 5.74) is -0.0125. The fourth-order valence-corrected chi connectivity index (χ4v) is 2.38. The van der Waals surface area contributed by atoms with Crippen LogP contribution in [0.1, 0.15) is 24.2 Å². The number of carboxylic acids is 1. The van der Waals surface area contributed by atoms with Crippen LogP contribution in [0.2, 0.25) is 0 Å². The van der Waals surface area contributed by atoms with Crippen molar-refractivity contribution in [2.24, 2.45) is 0 Å². The predicted octanol–water partition coefficient (Wildman–Crippen LogP) is 0.188. The monoisotopic (exact) mass is 300 g/mol. The number of carbonyl (C=O) groups excluding carboxylic acids is 1. The fraction of sp³-hybridized carbons (Fsp3) is 0.333. The standard InChI is InChI=1S/C12H16N2O5S/c1-8(2)14-11(15)7-13-20(18,19)10-5-3-9(4-6-10)12(16)17/h3-6,8,13H,7H2,1-2H3,(H,14,15)(H,16,17). The molecule has 0 saturated heterocycles. The Balaban J connectivity index is 2.74. The van der Waals surface area contributed by atoms with Gasteiger partial charge in [-0.05, 0) is 38.1 Å². The Hall–Kier alpha value is -1.93. The van der Waals surface area contributed by atoms with E-state index >= 15 is 0 Å². The van der Waals surface area contributed by atoms with Crippen LogP contribution in [0.4, 0.5) is 0 Å². The van der Waals surface area contributed by atoms with E-state index in [4.69, 9.17) is 5.11 Å². The summed E-state index contributed by atoms with van der Waals surface area (Å²) in [7, 11) is -3.84. The molecule has 0 aliphatic carbocycles. The summed E-state index contributed by atoms with van der Waals surface area (Å²) in [4.78, 5) is 21.9. The SMILES string of the molecule is CC(C)NC(=O)CNS(=O)(=O)c1ccc(C(=O)O)cc1. The highest BCUT2D eigenvalue weighted by Gasteiger charge is 2.16. The van der Waals surface area contributed by atoms with Gasteiger partial charge in [0.25, 0.3) is 0 Å². The Kier molecular flexibility index (Phi) is 5.23. The number of hydrogen-bond acceptors (Lipinski definition) is 4. The first-order valence-corrected chi connectivity index (χ1v) is 7.33. The lowest BCUT2D eigenvalue weighted by Crippen LogP contribution is -2.39. The van der Waals surface area contributed by atoms with Gasteiger partial charge in [0.15, 0.2) is 0 Å². The molecule has 1 aromatic rings. The molecule has 0 bridgehead atoms. The summed E-state index contributed by atoms with van der Waals surface area (Å²) in [5.74, 6) is -1.58. The first-order valence-electron chi connectivity index (χ1n) is 5.85. The van der Waals surface area contributed by atoms with E-state index in [0.29, 0.717) is 0 Å². The van der Waals surface area contributed by atoms with E-state index in [1.807, 2.05) is 0 Å². The molecule has 3 N–H and O–H groups in total. The van der Waals surface area contributed by atoms with Crippen LogP contribution in [0.25, 0.3) is 0 Å². The Morgan fingerprint density at radius 2 is 1.75 bits per heavy atom. The van der Waals surface area contributed by atoms with Crippen LogP contribution in [0.5, 0.6) is 0 Å². The number of aromatic carboxylic acids is 1. The van der Waals surface area contributed by atoms with Gasteiger partial charge >= 0.3 is 5.97 Å². The Morgan fingerprint density at radius 3 is 2.20 bits per heavy atom. The van der Waals surface area contributed by atoms with E-state index < -0.39 is 21.9 Å². The topological polar surface area (TPSA) is 113 Å². The van der Waals surface area contributed by atoms with Crippen LogP contribution in [0.3, 0.4) is 0 Å². The molecule has 0 radical (unpaired) electrons. The first-order chi connectivity index (χ1) is 9.22. The number of nitrogens with one attached hydrogen (secondary N) is 2.